The summed E-state index contributed by atoms with van der Waals surface area (Å²) < 4.78 is 6.12. The molecular weight excluding hydrogens is 464 g/mol. The highest BCUT2D eigenvalue weighted by atomic mass is 16.5. The monoisotopic (exact) mass is 486 g/mol. The van der Waals surface area contributed by atoms with Gasteiger partial charge in [0.15, 0.2) is 23.0 Å². The Labute approximate surface area is 205 Å². The van der Waals surface area contributed by atoms with Gasteiger partial charge in [-0.3, -0.25) is 0 Å². The quantitative estimate of drug-likeness (QED) is 0.156. The Balaban J connectivity index is 1.62. The van der Waals surface area contributed by atoms with Gasteiger partial charge in [0.05, 0.1) is 5.92 Å². The molecule has 0 amide bonds. The highest BCUT2D eigenvalue weighted by Crippen LogP contribution is 2.54. The number of benzene rings is 4. The van der Waals surface area contributed by atoms with E-state index < -0.39 is 12.0 Å². The van der Waals surface area contributed by atoms with Crippen molar-refractivity contribution in [3.05, 3.63) is 94.5 Å². The fourth-order valence-corrected chi connectivity index (χ4v) is 4.51. The van der Waals surface area contributed by atoms with Crippen LogP contribution in [0.4, 0.5) is 0 Å². The van der Waals surface area contributed by atoms with Crippen molar-refractivity contribution in [3.63, 3.8) is 0 Å². The molecule has 7 N–H and O–H groups in total. The topological polar surface area (TPSA) is 151 Å². The molecule has 1 aliphatic heterocycles. The van der Waals surface area contributed by atoms with Gasteiger partial charge in [-0.1, -0.05) is 18.2 Å². The van der Waals surface area contributed by atoms with Crippen LogP contribution in [0, 0.1) is 0 Å². The fourth-order valence-electron chi connectivity index (χ4n) is 4.51. The SMILES string of the molecule is Oc1cc(O)cc(/C=C/c2cc(O)c3c(c2)[C@H](c2cc(O)cc(O)c2)[C@@H](c2ccc(O)c(O)c2)O3)c1. The molecule has 8 nitrogen and oxygen atoms in total. The second-order valence-corrected chi connectivity index (χ2v) is 8.62. The third-order valence-corrected chi connectivity index (χ3v) is 6.01. The molecule has 0 aliphatic carbocycles. The number of ether oxygens (including phenoxy) is 1. The lowest BCUT2D eigenvalue weighted by atomic mass is 9.84. The van der Waals surface area contributed by atoms with Crippen LogP contribution in [0.2, 0.25) is 0 Å². The van der Waals surface area contributed by atoms with Crippen molar-refractivity contribution >= 4 is 12.2 Å². The van der Waals surface area contributed by atoms with E-state index in [2.05, 4.69) is 0 Å². The van der Waals surface area contributed by atoms with E-state index in [4.69, 9.17) is 4.74 Å². The van der Waals surface area contributed by atoms with Crippen molar-refractivity contribution in [2.75, 3.05) is 0 Å². The molecule has 8 heteroatoms. The predicted octanol–water partition coefficient (Wildman–Crippen LogP) is 5.06. The van der Waals surface area contributed by atoms with Crippen molar-refractivity contribution in [1.29, 1.82) is 0 Å². The number of phenols is 7. The van der Waals surface area contributed by atoms with Gasteiger partial charge in [-0.15, -0.1) is 0 Å². The molecule has 4 aromatic carbocycles. The maximum absolute atomic E-state index is 10.8. The first-order chi connectivity index (χ1) is 17.2. The van der Waals surface area contributed by atoms with Crippen molar-refractivity contribution in [2.24, 2.45) is 0 Å². The molecule has 36 heavy (non-hydrogen) atoms. The number of phenolic OH excluding ortho intramolecular Hbond substituents is 7. The number of hydrogen-bond donors (Lipinski definition) is 7. The molecule has 0 aromatic heterocycles. The van der Waals surface area contributed by atoms with Gasteiger partial charge in [0.25, 0.3) is 0 Å². The molecule has 1 heterocycles. The average molecular weight is 486 g/mol. The van der Waals surface area contributed by atoms with Crippen LogP contribution < -0.4 is 4.74 Å². The minimum absolute atomic E-state index is 0.0939. The molecule has 0 fully saturated rings. The molecule has 0 spiro atoms. The standard InChI is InChI=1S/C28H22O8/c29-18-5-14(6-19(30)12-18)1-2-15-7-22-26(17-9-20(31)13-21(32)10-17)27(36-28(22)25(35)8-15)16-3-4-23(33)24(34)11-16/h1-13,26-27,29-35H/b2-1+/t26-,27+/m0/s1. The number of fused-ring (bicyclic) bond motifs is 1. The first-order valence-corrected chi connectivity index (χ1v) is 11.0. The van der Waals surface area contributed by atoms with E-state index in [0.29, 0.717) is 27.8 Å². The summed E-state index contributed by atoms with van der Waals surface area (Å²) in [4.78, 5) is 0. The zero-order chi connectivity index (χ0) is 25.6. The second kappa shape index (κ2) is 8.66. The lowest BCUT2D eigenvalue weighted by Gasteiger charge is -2.21. The van der Waals surface area contributed by atoms with E-state index in [9.17, 15) is 35.7 Å². The molecule has 0 bridgehead atoms. The highest BCUT2D eigenvalue weighted by molar-refractivity contribution is 5.74. The Morgan fingerprint density at radius 3 is 1.72 bits per heavy atom. The Hall–Kier alpha value is -4.98. The van der Waals surface area contributed by atoms with Gasteiger partial charge in [-0.05, 0) is 70.8 Å². The zero-order valence-corrected chi connectivity index (χ0v) is 18.7. The summed E-state index contributed by atoms with van der Waals surface area (Å²) in [7, 11) is 0. The van der Waals surface area contributed by atoms with Gasteiger partial charge in [-0.2, -0.15) is 0 Å². The van der Waals surface area contributed by atoms with Gasteiger partial charge < -0.3 is 40.5 Å². The Bertz CT molecular complexity index is 1470. The van der Waals surface area contributed by atoms with E-state index in [0.717, 1.165) is 0 Å². The summed E-state index contributed by atoms with van der Waals surface area (Å²) in [5, 5.41) is 70.3. The summed E-state index contributed by atoms with van der Waals surface area (Å²) in [5.74, 6) is -1.69. The second-order valence-electron chi connectivity index (χ2n) is 8.62. The van der Waals surface area contributed by atoms with Crippen molar-refractivity contribution in [3.8, 4) is 46.0 Å². The molecule has 2 atom stereocenters. The van der Waals surface area contributed by atoms with Crippen molar-refractivity contribution in [1.82, 2.24) is 0 Å². The van der Waals surface area contributed by atoms with Crippen LogP contribution >= 0.6 is 0 Å². The number of hydrogen-bond acceptors (Lipinski definition) is 8. The van der Waals surface area contributed by atoms with Gasteiger partial charge >= 0.3 is 0 Å². The molecular formula is C28H22O8. The van der Waals surface area contributed by atoms with E-state index in [1.807, 2.05) is 0 Å². The Kier molecular flexibility index (Phi) is 5.49. The third-order valence-electron chi connectivity index (χ3n) is 6.01. The lowest BCUT2D eigenvalue weighted by Crippen LogP contribution is -2.11. The fraction of sp³-hybridized carbons (Fsp3) is 0.0714. The van der Waals surface area contributed by atoms with Gasteiger partial charge in [-0.25, -0.2) is 0 Å². The summed E-state index contributed by atoms with van der Waals surface area (Å²) in [6.07, 6.45) is 2.58. The Morgan fingerprint density at radius 1 is 0.528 bits per heavy atom. The smallest absolute Gasteiger partial charge is 0.165 e. The van der Waals surface area contributed by atoms with Gasteiger partial charge in [0.1, 0.15) is 29.1 Å². The van der Waals surface area contributed by atoms with Crippen molar-refractivity contribution in [2.45, 2.75) is 12.0 Å². The molecule has 5 rings (SSSR count). The maximum atomic E-state index is 10.8. The molecule has 182 valence electrons. The van der Waals surface area contributed by atoms with E-state index in [1.54, 1.807) is 24.3 Å². The first kappa shape index (κ1) is 22.8. The van der Waals surface area contributed by atoms with Gasteiger partial charge in [0.2, 0.25) is 0 Å². The summed E-state index contributed by atoms with van der Waals surface area (Å²) in [5.41, 5.74) is 2.69. The van der Waals surface area contributed by atoms with Crippen LogP contribution in [0.1, 0.15) is 39.8 Å². The Morgan fingerprint density at radius 2 is 1.11 bits per heavy atom. The molecule has 4 aromatic rings. The third kappa shape index (κ3) is 4.27. The number of aromatic hydroxyl groups is 7. The molecule has 0 saturated carbocycles. The lowest BCUT2D eigenvalue weighted by molar-refractivity contribution is 0.214. The molecule has 0 radical (unpaired) electrons. The zero-order valence-electron chi connectivity index (χ0n) is 18.7. The number of rotatable bonds is 4. The van der Waals surface area contributed by atoms with Crippen LogP contribution in [-0.4, -0.2) is 35.7 Å². The van der Waals surface area contributed by atoms with E-state index in [-0.39, 0.29) is 46.0 Å². The minimum atomic E-state index is -0.763. The molecule has 0 unspecified atom stereocenters. The van der Waals surface area contributed by atoms with Gasteiger partial charge in [0, 0.05) is 17.7 Å². The highest BCUT2D eigenvalue weighted by Gasteiger charge is 2.39. The van der Waals surface area contributed by atoms with E-state index >= 15 is 0 Å². The minimum Gasteiger partial charge on any atom is -0.508 e. The van der Waals surface area contributed by atoms with Crippen LogP contribution in [0.3, 0.4) is 0 Å². The van der Waals surface area contributed by atoms with Crippen molar-refractivity contribution < 1.29 is 40.5 Å². The maximum Gasteiger partial charge on any atom is 0.165 e. The van der Waals surface area contributed by atoms with Crippen LogP contribution in [-0.2, 0) is 0 Å². The predicted molar refractivity (Wildman–Crippen MR) is 132 cm³/mol. The summed E-state index contributed by atoms with van der Waals surface area (Å²) in [6, 6.07) is 15.8. The van der Waals surface area contributed by atoms with Crippen LogP contribution in [0.15, 0.2) is 66.7 Å². The largest absolute Gasteiger partial charge is 0.508 e. The van der Waals surface area contributed by atoms with Crippen LogP contribution in [0.5, 0.6) is 46.0 Å². The van der Waals surface area contributed by atoms with E-state index in [1.165, 1.54) is 54.6 Å². The average Bonchev–Trinajstić information content (AvgIpc) is 3.18. The normalized spacial score (nSPS) is 16.7. The summed E-state index contributed by atoms with van der Waals surface area (Å²) in [6.45, 7) is 0. The summed E-state index contributed by atoms with van der Waals surface area (Å²) >= 11 is 0. The van der Waals surface area contributed by atoms with Crippen LogP contribution in [0.25, 0.3) is 12.2 Å². The molecule has 0 saturated heterocycles. The first-order valence-electron chi connectivity index (χ1n) is 11.0. The molecule has 1 aliphatic rings.